The van der Waals surface area contributed by atoms with Gasteiger partial charge in [-0.2, -0.15) is 0 Å². The molecule has 0 spiro atoms. The summed E-state index contributed by atoms with van der Waals surface area (Å²) < 4.78 is 97.3. The molecule has 2 aliphatic carbocycles. The van der Waals surface area contributed by atoms with Crippen molar-refractivity contribution in [3.8, 4) is 11.5 Å². The van der Waals surface area contributed by atoms with E-state index in [1.54, 1.807) is 48.5 Å². The summed E-state index contributed by atoms with van der Waals surface area (Å²) in [6.45, 7) is 5.96. The number of nitrogens with zero attached hydrogens (tertiary/aromatic N) is 2. The van der Waals surface area contributed by atoms with Crippen LogP contribution in [0.25, 0.3) is 0 Å². The van der Waals surface area contributed by atoms with Gasteiger partial charge in [0, 0.05) is 26.2 Å². The van der Waals surface area contributed by atoms with Gasteiger partial charge in [-0.1, -0.05) is 61.4 Å². The Balaban J connectivity index is 0.584. The van der Waals surface area contributed by atoms with E-state index >= 15 is 0 Å². The van der Waals surface area contributed by atoms with Crippen molar-refractivity contribution in [2.75, 3.05) is 118 Å². The summed E-state index contributed by atoms with van der Waals surface area (Å²) >= 11 is 0. The largest absolute Gasteiger partial charge is 0.484 e. The number of nitrogens with one attached hydrogen (secondary N) is 4. The van der Waals surface area contributed by atoms with E-state index in [2.05, 4.69) is 66.3 Å². The van der Waals surface area contributed by atoms with Crippen molar-refractivity contribution in [1.29, 1.82) is 0 Å². The number of rotatable bonds is 32. The van der Waals surface area contributed by atoms with E-state index in [0.717, 1.165) is 39.0 Å². The number of likely N-dealkylation sites (tertiary alicyclic amines) is 2. The fourth-order valence-corrected chi connectivity index (χ4v) is 12.4. The quantitative estimate of drug-likeness (QED) is 0.0501. The molecule has 0 unspecified atom stereocenters. The summed E-state index contributed by atoms with van der Waals surface area (Å²) in [7, 11) is -7.51. The van der Waals surface area contributed by atoms with Gasteiger partial charge in [0.1, 0.15) is 36.9 Å². The van der Waals surface area contributed by atoms with Crippen LogP contribution in [0.15, 0.2) is 107 Å². The van der Waals surface area contributed by atoms with Crippen LogP contribution in [0.1, 0.15) is 73.0 Å². The molecule has 0 bridgehead atoms. The first kappa shape index (κ1) is 58.1. The molecule has 2 fully saturated rings. The van der Waals surface area contributed by atoms with Crippen LogP contribution in [-0.2, 0) is 66.2 Å². The molecule has 21 heteroatoms. The zero-order valence-corrected chi connectivity index (χ0v) is 45.6. The van der Waals surface area contributed by atoms with Gasteiger partial charge in [0.15, 0.2) is 0 Å². The van der Waals surface area contributed by atoms with E-state index in [1.165, 1.54) is 60.8 Å². The van der Waals surface area contributed by atoms with Crippen molar-refractivity contribution in [3.05, 3.63) is 119 Å². The topological polar surface area (TPSA) is 222 Å². The molecule has 2 heterocycles. The number of carbonyl (C=O) groups is 2. The zero-order chi connectivity index (χ0) is 53.7. The Morgan fingerprint density at radius 2 is 0.805 bits per heavy atom. The zero-order valence-electron chi connectivity index (χ0n) is 43.9. The molecular formula is C56H76N6O13S2. The molecule has 19 nitrogen and oxygen atoms in total. The lowest BCUT2D eigenvalue weighted by Crippen LogP contribution is -2.43. The SMILES string of the molecule is O=C(COCC(=O)NCCOCCOCCNS(=O)(=O)c1ccc(O[C@H]2c3ccccc3C[C@@H]2N2CCCCC2)cc1)NCCOCCOCCNS(=O)(=O)c1ccc(O[C@@H]2c3ccccc3C[C@H]2N2CCCCC2)cc1. The Kier molecular flexibility index (Phi) is 22.5. The summed E-state index contributed by atoms with van der Waals surface area (Å²) in [5.74, 6) is 0.441. The second-order valence-corrected chi connectivity index (χ2v) is 23.1. The summed E-state index contributed by atoms with van der Waals surface area (Å²) in [6.07, 6.45) is 8.94. The molecule has 4 aromatic rings. The van der Waals surface area contributed by atoms with Gasteiger partial charge in [-0.25, -0.2) is 26.3 Å². The molecule has 4 N–H and O–H groups in total. The normalized spacial score (nSPS) is 19.8. The number of sulfonamides is 2. The number of piperidine rings is 2. The first-order chi connectivity index (χ1) is 37.5. The van der Waals surface area contributed by atoms with Gasteiger partial charge in [-0.05, 0) is 135 Å². The average Bonchev–Trinajstić information content (AvgIpc) is 4.02. The third kappa shape index (κ3) is 17.5. The van der Waals surface area contributed by atoms with Gasteiger partial charge in [-0.3, -0.25) is 19.4 Å². The minimum Gasteiger partial charge on any atom is -0.484 e. The number of amides is 2. The van der Waals surface area contributed by atoms with Crippen LogP contribution in [0, 0.1) is 0 Å². The second-order valence-electron chi connectivity index (χ2n) is 19.6. The van der Waals surface area contributed by atoms with Crippen molar-refractivity contribution >= 4 is 31.9 Å². The Morgan fingerprint density at radius 1 is 0.442 bits per heavy atom. The first-order valence-corrected chi connectivity index (χ1v) is 30.1. The molecule has 420 valence electrons. The summed E-state index contributed by atoms with van der Waals surface area (Å²) in [4.78, 5) is 29.6. The number of fused-ring (bicyclic) bond motifs is 2. The van der Waals surface area contributed by atoms with Gasteiger partial charge >= 0.3 is 0 Å². The van der Waals surface area contributed by atoms with Gasteiger partial charge in [-0.15, -0.1) is 0 Å². The molecule has 0 saturated carbocycles. The number of benzene rings is 4. The average molecular weight is 1110 g/mol. The predicted molar refractivity (Wildman–Crippen MR) is 289 cm³/mol. The van der Waals surface area contributed by atoms with Gasteiger partial charge in [0.25, 0.3) is 0 Å². The van der Waals surface area contributed by atoms with E-state index in [9.17, 15) is 26.4 Å². The summed E-state index contributed by atoms with van der Waals surface area (Å²) in [6, 6.07) is 30.4. The van der Waals surface area contributed by atoms with E-state index in [-0.39, 0.29) is 126 Å². The van der Waals surface area contributed by atoms with Crippen LogP contribution >= 0.6 is 0 Å². The van der Waals surface area contributed by atoms with Crippen molar-refractivity contribution in [3.63, 3.8) is 0 Å². The molecule has 2 aliphatic heterocycles. The van der Waals surface area contributed by atoms with Crippen molar-refractivity contribution < 1.29 is 59.6 Å². The van der Waals surface area contributed by atoms with Crippen LogP contribution in [-0.4, -0.2) is 169 Å². The van der Waals surface area contributed by atoms with Crippen molar-refractivity contribution in [2.45, 2.75) is 85.4 Å². The minimum atomic E-state index is -3.76. The lowest BCUT2D eigenvalue weighted by molar-refractivity contribution is -0.131. The maximum atomic E-state index is 13.0. The maximum Gasteiger partial charge on any atom is 0.246 e. The molecule has 0 radical (unpaired) electrons. The molecule has 2 amide bonds. The molecule has 77 heavy (non-hydrogen) atoms. The van der Waals surface area contributed by atoms with Crippen molar-refractivity contribution in [1.82, 2.24) is 29.9 Å². The fraction of sp³-hybridized carbons (Fsp3) is 0.536. The predicted octanol–water partition coefficient (Wildman–Crippen LogP) is 4.32. The van der Waals surface area contributed by atoms with Crippen molar-refractivity contribution in [2.24, 2.45) is 0 Å². The highest BCUT2D eigenvalue weighted by atomic mass is 32.2. The third-order valence-corrected chi connectivity index (χ3v) is 17.2. The molecule has 2 saturated heterocycles. The van der Waals surface area contributed by atoms with Crippen LogP contribution in [0.5, 0.6) is 11.5 Å². The molecule has 0 aromatic heterocycles. The van der Waals surface area contributed by atoms with E-state index in [1.807, 2.05) is 12.1 Å². The van der Waals surface area contributed by atoms with Gasteiger partial charge in [0.2, 0.25) is 31.9 Å². The highest BCUT2D eigenvalue weighted by Crippen LogP contribution is 2.40. The standard InChI is InChI=1S/C56H76N6O13S2/c63-53(57-23-31-69-35-37-71-33-25-59-76(65,66)47-19-15-45(16-20-47)74-55-49-13-5-3-11-43(49)39-51(55)61-27-7-1-8-28-61)41-73-42-54(64)58-24-32-70-36-38-72-34-26-60-77(67,68)48-21-17-46(18-22-48)75-56-50-14-6-4-12-44(50)40-52(56)62-29-9-2-10-30-62/h3-6,11-22,51-52,55-56,59-60H,1-2,7-10,23-42H2,(H,57,63)(H,58,64)/t51-,52+,55-,56+. The minimum absolute atomic E-state index is 0.0808. The van der Waals surface area contributed by atoms with E-state index in [4.69, 9.17) is 33.2 Å². The Morgan fingerprint density at radius 3 is 1.19 bits per heavy atom. The number of hydrogen-bond acceptors (Lipinski definition) is 15. The van der Waals surface area contributed by atoms with Crippen LogP contribution in [0.3, 0.4) is 0 Å². The lowest BCUT2D eigenvalue weighted by atomic mass is 10.0. The number of ether oxygens (including phenoxy) is 7. The van der Waals surface area contributed by atoms with E-state index in [0.29, 0.717) is 11.5 Å². The van der Waals surface area contributed by atoms with Crippen LogP contribution in [0.2, 0.25) is 0 Å². The molecule has 4 atom stereocenters. The van der Waals surface area contributed by atoms with Gasteiger partial charge < -0.3 is 43.8 Å². The first-order valence-electron chi connectivity index (χ1n) is 27.1. The molecular weight excluding hydrogens is 1030 g/mol. The monoisotopic (exact) mass is 1100 g/mol. The lowest BCUT2D eigenvalue weighted by Gasteiger charge is -2.35. The smallest absolute Gasteiger partial charge is 0.246 e. The Bertz CT molecular complexity index is 2510. The molecule has 8 rings (SSSR count). The van der Waals surface area contributed by atoms with Gasteiger partial charge in [0.05, 0.1) is 74.7 Å². The summed E-state index contributed by atoms with van der Waals surface area (Å²) in [5, 5.41) is 5.29. The highest BCUT2D eigenvalue weighted by molar-refractivity contribution is 7.89. The number of hydrogen-bond donors (Lipinski definition) is 4. The maximum absolute atomic E-state index is 13.0. The summed E-state index contributed by atoms with van der Waals surface area (Å²) in [5.41, 5.74) is 4.99. The van der Waals surface area contributed by atoms with Crippen LogP contribution < -0.4 is 29.6 Å². The number of carbonyl (C=O) groups excluding carboxylic acids is 2. The molecule has 4 aliphatic rings. The molecule has 4 aromatic carbocycles. The second kappa shape index (κ2) is 29.8. The Labute approximate surface area is 454 Å². The Hall–Kier alpha value is -5.04. The van der Waals surface area contributed by atoms with E-state index < -0.39 is 31.9 Å². The van der Waals surface area contributed by atoms with Crippen LogP contribution in [0.4, 0.5) is 0 Å². The highest BCUT2D eigenvalue weighted by Gasteiger charge is 2.40. The third-order valence-electron chi connectivity index (χ3n) is 14.2. The fourth-order valence-electron chi connectivity index (χ4n) is 10.4.